The molecule has 0 saturated carbocycles. The molecule has 0 radical (unpaired) electrons. The average molecular weight is 471 g/mol. The van der Waals surface area contributed by atoms with Crippen molar-refractivity contribution >= 4 is 46.5 Å². The number of hydrogen-bond donors (Lipinski definition) is 2. The van der Waals surface area contributed by atoms with Crippen molar-refractivity contribution in [2.24, 2.45) is 0 Å². The van der Waals surface area contributed by atoms with E-state index in [1.807, 2.05) is 5.38 Å². The monoisotopic (exact) mass is 470 g/mol. The highest BCUT2D eigenvalue weighted by Gasteiger charge is 2.28. The van der Waals surface area contributed by atoms with Crippen LogP contribution in [0.15, 0.2) is 53.9 Å². The predicted octanol–water partition coefficient (Wildman–Crippen LogP) is 3.61. The van der Waals surface area contributed by atoms with Gasteiger partial charge in [-0.1, -0.05) is 23.7 Å². The van der Waals surface area contributed by atoms with E-state index in [9.17, 15) is 14.4 Å². The number of halogens is 1. The van der Waals surface area contributed by atoms with Crippen LogP contribution in [0.4, 0.5) is 10.5 Å². The summed E-state index contributed by atoms with van der Waals surface area (Å²) in [6.07, 6.45) is 0.120. The van der Waals surface area contributed by atoms with Gasteiger partial charge < -0.3 is 15.4 Å². The molecule has 1 aliphatic heterocycles. The molecule has 1 aliphatic rings. The lowest BCUT2D eigenvalue weighted by Gasteiger charge is -2.13. The number of amides is 4. The Balaban J connectivity index is 1.30. The molecule has 4 amide bonds. The molecule has 10 heteroatoms. The van der Waals surface area contributed by atoms with Gasteiger partial charge in [-0.15, -0.1) is 11.3 Å². The van der Waals surface area contributed by atoms with E-state index >= 15 is 0 Å². The summed E-state index contributed by atoms with van der Waals surface area (Å²) in [6.45, 7) is 0.464. The van der Waals surface area contributed by atoms with Gasteiger partial charge in [-0.3, -0.25) is 14.5 Å². The second kappa shape index (κ2) is 9.80. The van der Waals surface area contributed by atoms with Gasteiger partial charge >= 0.3 is 6.03 Å². The third kappa shape index (κ3) is 5.63. The van der Waals surface area contributed by atoms with Crippen LogP contribution in [-0.4, -0.2) is 34.3 Å². The molecule has 0 atom stereocenters. The van der Waals surface area contributed by atoms with Crippen LogP contribution in [0.25, 0.3) is 0 Å². The number of rotatable bonds is 8. The Hall–Kier alpha value is -3.43. The van der Waals surface area contributed by atoms with Crippen molar-refractivity contribution in [2.45, 2.75) is 19.6 Å². The summed E-state index contributed by atoms with van der Waals surface area (Å²) in [5, 5.41) is 8.54. The van der Waals surface area contributed by atoms with Gasteiger partial charge in [0.05, 0.1) is 25.2 Å². The summed E-state index contributed by atoms with van der Waals surface area (Å²) >= 11 is 7.28. The molecule has 1 fully saturated rings. The maximum atomic E-state index is 12.4. The first-order valence-electron chi connectivity index (χ1n) is 9.75. The Bertz CT molecular complexity index is 1130. The Labute approximate surface area is 193 Å². The summed E-state index contributed by atoms with van der Waals surface area (Å²) in [6, 6.07) is 13.7. The van der Waals surface area contributed by atoms with Crippen LogP contribution in [0, 0.1) is 0 Å². The third-order valence-corrected chi connectivity index (χ3v) is 5.73. The number of nitrogens with zero attached hydrogens (tertiary/aromatic N) is 2. The largest absolute Gasteiger partial charge is 0.486 e. The number of ether oxygens (including phenoxy) is 1. The van der Waals surface area contributed by atoms with Crippen LogP contribution in [0.2, 0.25) is 5.02 Å². The lowest BCUT2D eigenvalue weighted by Crippen LogP contribution is -2.30. The molecule has 164 valence electrons. The molecule has 1 aromatic heterocycles. The number of benzene rings is 2. The zero-order valence-electron chi connectivity index (χ0n) is 16.8. The van der Waals surface area contributed by atoms with Gasteiger partial charge in [0, 0.05) is 16.1 Å². The molecule has 2 heterocycles. The molecule has 0 spiro atoms. The van der Waals surface area contributed by atoms with Gasteiger partial charge in [-0.2, -0.15) is 0 Å². The molecule has 3 aromatic rings. The quantitative estimate of drug-likeness (QED) is 0.490. The molecule has 0 unspecified atom stereocenters. The summed E-state index contributed by atoms with van der Waals surface area (Å²) < 4.78 is 5.68. The minimum Gasteiger partial charge on any atom is -0.486 e. The summed E-state index contributed by atoms with van der Waals surface area (Å²) in [4.78, 5) is 41.5. The van der Waals surface area contributed by atoms with Crippen molar-refractivity contribution in [2.75, 3.05) is 11.9 Å². The smallest absolute Gasteiger partial charge is 0.324 e. The molecule has 32 heavy (non-hydrogen) atoms. The Morgan fingerprint density at radius 1 is 1.22 bits per heavy atom. The van der Waals surface area contributed by atoms with E-state index in [0.717, 1.165) is 15.5 Å². The summed E-state index contributed by atoms with van der Waals surface area (Å²) in [5.74, 6) is 0.202. The molecule has 8 nitrogen and oxygen atoms in total. The highest BCUT2D eigenvalue weighted by atomic mass is 35.5. The van der Waals surface area contributed by atoms with E-state index in [4.69, 9.17) is 16.3 Å². The van der Waals surface area contributed by atoms with E-state index < -0.39 is 6.03 Å². The molecule has 2 N–H and O–H groups in total. The van der Waals surface area contributed by atoms with Crippen molar-refractivity contribution in [3.05, 3.63) is 75.2 Å². The Morgan fingerprint density at radius 2 is 2.03 bits per heavy atom. The number of urea groups is 1. The summed E-state index contributed by atoms with van der Waals surface area (Å²) in [7, 11) is 0. The van der Waals surface area contributed by atoms with Crippen LogP contribution in [-0.2, 0) is 29.2 Å². The molecule has 4 rings (SSSR count). The number of carbonyl (C=O) groups is 3. The predicted molar refractivity (Wildman–Crippen MR) is 121 cm³/mol. The van der Waals surface area contributed by atoms with Gasteiger partial charge in [0.15, 0.2) is 0 Å². The normalized spacial score (nSPS) is 13.2. The fourth-order valence-corrected chi connectivity index (χ4v) is 3.92. The molecule has 1 saturated heterocycles. The number of imide groups is 1. The van der Waals surface area contributed by atoms with Crippen LogP contribution in [0.5, 0.6) is 5.75 Å². The SMILES string of the molecule is O=C(Cc1csc(COc2ccc(Cl)cc2)n1)Nc1cccc(CN2C(=O)CNC2=O)c1. The first kappa shape index (κ1) is 21.8. The summed E-state index contributed by atoms with van der Waals surface area (Å²) in [5.41, 5.74) is 1.97. The molecular formula is C22H19ClN4O4S. The zero-order valence-corrected chi connectivity index (χ0v) is 18.4. The van der Waals surface area contributed by atoms with Gasteiger partial charge in [0.2, 0.25) is 11.8 Å². The maximum Gasteiger partial charge on any atom is 0.324 e. The van der Waals surface area contributed by atoms with Gasteiger partial charge in [0.25, 0.3) is 0 Å². The topological polar surface area (TPSA) is 101 Å². The number of hydrogen-bond acceptors (Lipinski definition) is 6. The standard InChI is InChI=1S/C22H19ClN4O4S/c23-15-4-6-18(7-5-15)31-12-20-26-17(13-32-20)9-19(28)25-16-3-1-2-14(8-16)11-27-21(29)10-24-22(27)30/h1-8,13H,9-12H2,(H,24,30)(H,25,28). The first-order chi connectivity index (χ1) is 15.5. The minimum absolute atomic E-state index is 0.00955. The third-order valence-electron chi connectivity index (χ3n) is 4.61. The van der Waals surface area contributed by atoms with E-state index in [1.54, 1.807) is 48.5 Å². The van der Waals surface area contributed by atoms with Crippen LogP contribution in [0.3, 0.4) is 0 Å². The van der Waals surface area contributed by atoms with Crippen molar-refractivity contribution in [1.29, 1.82) is 0 Å². The zero-order chi connectivity index (χ0) is 22.5. The molecule has 0 bridgehead atoms. The molecular weight excluding hydrogens is 452 g/mol. The van der Waals surface area contributed by atoms with E-state index in [1.165, 1.54) is 11.3 Å². The lowest BCUT2D eigenvalue weighted by molar-refractivity contribution is -0.125. The fraction of sp³-hybridized carbons (Fsp3) is 0.182. The highest BCUT2D eigenvalue weighted by Crippen LogP contribution is 2.19. The Morgan fingerprint density at radius 3 is 2.78 bits per heavy atom. The number of aromatic nitrogens is 1. The van der Waals surface area contributed by atoms with E-state index in [2.05, 4.69) is 15.6 Å². The van der Waals surface area contributed by atoms with Crippen molar-refractivity contribution in [3.8, 4) is 5.75 Å². The second-order valence-electron chi connectivity index (χ2n) is 7.04. The van der Waals surface area contributed by atoms with Gasteiger partial charge in [-0.25, -0.2) is 9.78 Å². The molecule has 0 aliphatic carbocycles. The second-order valence-corrected chi connectivity index (χ2v) is 8.42. The fourth-order valence-electron chi connectivity index (χ4n) is 3.09. The van der Waals surface area contributed by atoms with E-state index in [-0.39, 0.29) is 31.3 Å². The molecule has 2 aromatic carbocycles. The number of carbonyl (C=O) groups excluding carboxylic acids is 3. The lowest BCUT2D eigenvalue weighted by atomic mass is 10.2. The van der Waals surface area contributed by atoms with Crippen molar-refractivity contribution in [1.82, 2.24) is 15.2 Å². The number of thiazole rings is 1. The van der Waals surface area contributed by atoms with Crippen molar-refractivity contribution < 1.29 is 19.1 Å². The van der Waals surface area contributed by atoms with Crippen LogP contribution in [0.1, 0.15) is 16.3 Å². The van der Waals surface area contributed by atoms with E-state index in [0.29, 0.717) is 28.8 Å². The Kier molecular flexibility index (Phi) is 6.67. The number of anilines is 1. The van der Waals surface area contributed by atoms with Gasteiger partial charge in [-0.05, 0) is 42.0 Å². The average Bonchev–Trinajstić information content (AvgIpc) is 3.35. The highest BCUT2D eigenvalue weighted by molar-refractivity contribution is 7.09. The first-order valence-corrected chi connectivity index (χ1v) is 11.0. The van der Waals surface area contributed by atoms with Gasteiger partial charge in [0.1, 0.15) is 17.4 Å². The van der Waals surface area contributed by atoms with Crippen molar-refractivity contribution in [3.63, 3.8) is 0 Å². The van der Waals surface area contributed by atoms with Crippen LogP contribution >= 0.6 is 22.9 Å². The van der Waals surface area contributed by atoms with Crippen LogP contribution < -0.4 is 15.4 Å². The maximum absolute atomic E-state index is 12.4. The number of nitrogens with one attached hydrogen (secondary N) is 2. The minimum atomic E-state index is -0.413.